The molecule has 2 heterocycles. The van der Waals surface area contributed by atoms with E-state index in [0.717, 1.165) is 19.3 Å². The Morgan fingerprint density at radius 1 is 0.971 bits per heavy atom. The Morgan fingerprint density at radius 2 is 1.71 bits per heavy atom. The van der Waals surface area contributed by atoms with Crippen molar-refractivity contribution in [3.05, 3.63) is 63.6 Å². The Bertz CT molecular complexity index is 1200. The number of hydrogen-bond acceptors (Lipinski definition) is 4. The van der Waals surface area contributed by atoms with Gasteiger partial charge in [-0.15, -0.1) is 0 Å². The largest absolute Gasteiger partial charge is 0.339 e. The Balaban J connectivity index is 1.44. The highest BCUT2D eigenvalue weighted by molar-refractivity contribution is 7.88. The first-order valence-corrected chi connectivity index (χ1v) is 14.2. The fourth-order valence-electron chi connectivity index (χ4n) is 4.62. The van der Waals surface area contributed by atoms with Crippen molar-refractivity contribution in [1.29, 1.82) is 0 Å². The van der Waals surface area contributed by atoms with Crippen LogP contribution in [0.5, 0.6) is 0 Å². The summed E-state index contributed by atoms with van der Waals surface area (Å²) in [6.07, 6.45) is 4.22. The van der Waals surface area contributed by atoms with Crippen LogP contribution in [0.25, 0.3) is 0 Å². The Hall–Kier alpha value is -2.13. The molecule has 1 N–H and O–H groups in total. The molecular weight excluding hydrogens is 509 g/mol. The molecule has 2 fully saturated rings. The van der Waals surface area contributed by atoms with Crippen molar-refractivity contribution in [2.75, 3.05) is 31.5 Å². The monoisotopic (exact) mass is 537 g/mol. The van der Waals surface area contributed by atoms with E-state index in [9.17, 15) is 18.0 Å². The maximum absolute atomic E-state index is 13.1. The first-order valence-electron chi connectivity index (χ1n) is 11.9. The second-order valence-corrected chi connectivity index (χ2v) is 11.9. The number of carbonyl (C=O) groups is 2. The molecule has 188 valence electrons. The van der Waals surface area contributed by atoms with Crippen LogP contribution < -0.4 is 5.32 Å². The lowest BCUT2D eigenvalue weighted by atomic mass is 9.98. The lowest BCUT2D eigenvalue weighted by Gasteiger charge is -2.31. The summed E-state index contributed by atoms with van der Waals surface area (Å²) in [5, 5.41) is 3.62. The van der Waals surface area contributed by atoms with Gasteiger partial charge in [0.15, 0.2) is 0 Å². The van der Waals surface area contributed by atoms with Crippen LogP contribution in [0, 0.1) is 5.92 Å². The molecule has 2 aliphatic rings. The minimum atomic E-state index is -3.68. The number of nitrogens with zero attached hydrogens (tertiary/aromatic N) is 2. The molecule has 4 rings (SSSR count). The van der Waals surface area contributed by atoms with E-state index < -0.39 is 15.9 Å². The van der Waals surface area contributed by atoms with Gasteiger partial charge in [0.05, 0.1) is 22.9 Å². The molecule has 10 heteroatoms. The third-order valence-electron chi connectivity index (χ3n) is 6.56. The van der Waals surface area contributed by atoms with E-state index in [4.69, 9.17) is 23.2 Å². The number of sulfonamides is 1. The topological polar surface area (TPSA) is 86.8 Å². The van der Waals surface area contributed by atoms with Gasteiger partial charge in [0.2, 0.25) is 15.9 Å². The number of halogens is 2. The molecule has 2 amide bonds. The Labute approximate surface area is 216 Å². The van der Waals surface area contributed by atoms with Crippen molar-refractivity contribution in [3.8, 4) is 0 Å². The lowest BCUT2D eigenvalue weighted by molar-refractivity contribution is -0.120. The zero-order valence-corrected chi connectivity index (χ0v) is 21.7. The molecule has 7 nitrogen and oxygen atoms in total. The number of amides is 2. The average Bonchev–Trinajstić information content (AvgIpc) is 2.86. The van der Waals surface area contributed by atoms with E-state index >= 15 is 0 Å². The van der Waals surface area contributed by atoms with Crippen LogP contribution in [0.2, 0.25) is 10.0 Å². The average molecular weight is 538 g/mol. The van der Waals surface area contributed by atoms with Gasteiger partial charge in [-0.2, -0.15) is 0 Å². The summed E-state index contributed by atoms with van der Waals surface area (Å²) in [5.41, 5.74) is 1.38. The van der Waals surface area contributed by atoms with Crippen LogP contribution in [-0.4, -0.2) is 55.6 Å². The number of para-hydroxylation sites is 1. The summed E-state index contributed by atoms with van der Waals surface area (Å²) in [4.78, 5) is 28.0. The molecule has 0 aromatic heterocycles. The normalized spacial score (nSPS) is 19.4. The van der Waals surface area contributed by atoms with Crippen LogP contribution in [0.4, 0.5) is 5.69 Å². The molecule has 35 heavy (non-hydrogen) atoms. The highest BCUT2D eigenvalue weighted by Gasteiger charge is 2.33. The first kappa shape index (κ1) is 25.9. The number of piperidine rings is 2. The van der Waals surface area contributed by atoms with Gasteiger partial charge in [-0.25, -0.2) is 12.7 Å². The molecule has 1 atom stereocenters. The SMILES string of the molecule is O=C(Nc1ccccc1C(=O)N1CCCCC1)[C@@H]1CCCN(S(=O)(=O)Cc2ccc(Cl)cc2Cl)C1. The summed E-state index contributed by atoms with van der Waals surface area (Å²) in [6.45, 7) is 1.87. The fourth-order valence-corrected chi connectivity index (χ4v) is 6.81. The number of carbonyl (C=O) groups excluding carboxylic acids is 2. The minimum Gasteiger partial charge on any atom is -0.339 e. The molecule has 2 aromatic carbocycles. The van der Waals surface area contributed by atoms with Crippen LogP contribution >= 0.6 is 23.2 Å². The molecule has 2 aromatic rings. The molecule has 2 aliphatic heterocycles. The van der Waals surface area contributed by atoms with Gasteiger partial charge in [0.25, 0.3) is 5.91 Å². The number of hydrogen-bond donors (Lipinski definition) is 1. The van der Waals surface area contributed by atoms with Gasteiger partial charge in [-0.3, -0.25) is 9.59 Å². The summed E-state index contributed by atoms with van der Waals surface area (Å²) >= 11 is 12.1. The highest BCUT2D eigenvalue weighted by atomic mass is 35.5. The van der Waals surface area contributed by atoms with Crippen molar-refractivity contribution in [1.82, 2.24) is 9.21 Å². The van der Waals surface area contributed by atoms with Gasteiger partial charge in [0.1, 0.15) is 0 Å². The molecule has 0 spiro atoms. The molecule has 2 saturated heterocycles. The molecule has 0 radical (unpaired) electrons. The van der Waals surface area contributed by atoms with E-state index in [-0.39, 0.29) is 24.1 Å². The Kier molecular flexibility index (Phi) is 8.37. The van der Waals surface area contributed by atoms with Crippen LogP contribution in [0.1, 0.15) is 48.0 Å². The van der Waals surface area contributed by atoms with Gasteiger partial charge in [0, 0.05) is 36.2 Å². The van der Waals surface area contributed by atoms with Crippen molar-refractivity contribution >= 4 is 50.7 Å². The van der Waals surface area contributed by atoms with Crippen LogP contribution in [0.3, 0.4) is 0 Å². The predicted octanol–water partition coefficient (Wildman–Crippen LogP) is 4.80. The zero-order valence-electron chi connectivity index (χ0n) is 19.4. The first-order chi connectivity index (χ1) is 16.7. The van der Waals surface area contributed by atoms with E-state index in [0.29, 0.717) is 59.3 Å². The quantitative estimate of drug-likeness (QED) is 0.573. The third kappa shape index (κ3) is 6.36. The van der Waals surface area contributed by atoms with E-state index in [1.807, 2.05) is 4.90 Å². The van der Waals surface area contributed by atoms with Gasteiger partial charge >= 0.3 is 0 Å². The number of benzene rings is 2. The number of anilines is 1. The zero-order chi connectivity index (χ0) is 25.0. The fraction of sp³-hybridized carbons (Fsp3) is 0.440. The molecule has 0 bridgehead atoms. The predicted molar refractivity (Wildman–Crippen MR) is 138 cm³/mol. The summed E-state index contributed by atoms with van der Waals surface area (Å²) in [6, 6.07) is 11.7. The summed E-state index contributed by atoms with van der Waals surface area (Å²) in [7, 11) is -3.68. The smallest absolute Gasteiger partial charge is 0.255 e. The number of likely N-dealkylation sites (tertiary alicyclic amines) is 1. The van der Waals surface area contributed by atoms with E-state index in [1.54, 1.807) is 36.4 Å². The standard InChI is InChI=1S/C25H29Cl2N3O4S/c26-20-11-10-19(22(27)15-20)17-35(33,34)30-14-6-7-18(16-30)24(31)28-23-9-3-2-8-21(23)25(32)29-12-4-1-5-13-29/h2-3,8-11,15,18H,1,4-7,12-14,16-17H2,(H,28,31)/t18-/m1/s1. The van der Waals surface area contributed by atoms with Crippen molar-refractivity contribution in [2.24, 2.45) is 5.92 Å². The van der Waals surface area contributed by atoms with Crippen molar-refractivity contribution in [3.63, 3.8) is 0 Å². The molecule has 0 saturated carbocycles. The van der Waals surface area contributed by atoms with Crippen molar-refractivity contribution in [2.45, 2.75) is 37.9 Å². The second-order valence-electron chi connectivity index (χ2n) is 9.08. The minimum absolute atomic E-state index is 0.0849. The maximum Gasteiger partial charge on any atom is 0.255 e. The highest BCUT2D eigenvalue weighted by Crippen LogP contribution is 2.27. The summed E-state index contributed by atoms with van der Waals surface area (Å²) in [5.74, 6) is -1.15. The number of rotatable bonds is 6. The summed E-state index contributed by atoms with van der Waals surface area (Å²) < 4.78 is 27.5. The van der Waals surface area contributed by atoms with Gasteiger partial charge < -0.3 is 10.2 Å². The maximum atomic E-state index is 13.1. The van der Waals surface area contributed by atoms with E-state index in [1.165, 1.54) is 10.4 Å². The lowest BCUT2D eigenvalue weighted by Crippen LogP contribution is -2.44. The van der Waals surface area contributed by atoms with Crippen LogP contribution in [0.15, 0.2) is 42.5 Å². The molecule has 0 unspecified atom stereocenters. The molecular formula is C25H29Cl2N3O4S. The van der Waals surface area contributed by atoms with Gasteiger partial charge in [-0.1, -0.05) is 41.4 Å². The number of nitrogens with one attached hydrogen (secondary N) is 1. The van der Waals surface area contributed by atoms with Crippen LogP contribution in [-0.2, 0) is 20.6 Å². The molecule has 0 aliphatic carbocycles. The van der Waals surface area contributed by atoms with Crippen molar-refractivity contribution < 1.29 is 18.0 Å². The van der Waals surface area contributed by atoms with Gasteiger partial charge in [-0.05, 0) is 61.9 Å². The second kappa shape index (κ2) is 11.3. The third-order valence-corrected chi connectivity index (χ3v) is 8.94. The Morgan fingerprint density at radius 3 is 2.46 bits per heavy atom. The van der Waals surface area contributed by atoms with E-state index in [2.05, 4.69) is 5.32 Å².